The van der Waals surface area contributed by atoms with Crippen molar-refractivity contribution in [2.45, 2.75) is 6.92 Å². The van der Waals surface area contributed by atoms with Gasteiger partial charge in [-0.2, -0.15) is 15.1 Å². The molecule has 4 aromatic heterocycles. The largest absolute Gasteiger partial charge is 0.368 e. The van der Waals surface area contributed by atoms with Crippen molar-refractivity contribution in [1.29, 1.82) is 0 Å². The fourth-order valence-corrected chi connectivity index (χ4v) is 4.33. The molecule has 10 heteroatoms. The van der Waals surface area contributed by atoms with Crippen molar-refractivity contribution in [3.8, 4) is 5.82 Å². The number of piperazine rings is 1. The molecule has 0 radical (unpaired) electrons. The fraction of sp³-hybridized carbons (Fsp3) is 0.278. The van der Waals surface area contributed by atoms with Gasteiger partial charge in [-0.1, -0.05) is 0 Å². The van der Waals surface area contributed by atoms with Crippen molar-refractivity contribution < 1.29 is 0 Å². The zero-order valence-corrected chi connectivity index (χ0v) is 16.2. The first kappa shape index (κ1) is 16.9. The number of nitrogen functional groups attached to an aromatic ring is 1. The van der Waals surface area contributed by atoms with Gasteiger partial charge in [0, 0.05) is 49.5 Å². The van der Waals surface area contributed by atoms with Crippen molar-refractivity contribution in [2.24, 2.45) is 0 Å². The molecule has 0 aromatic carbocycles. The maximum atomic E-state index is 5.94. The smallest absolute Gasteiger partial charge is 0.224 e. The van der Waals surface area contributed by atoms with E-state index in [0.717, 1.165) is 48.0 Å². The third-order valence-electron chi connectivity index (χ3n) is 4.79. The first-order valence-electron chi connectivity index (χ1n) is 9.03. The van der Waals surface area contributed by atoms with Crippen LogP contribution in [0.15, 0.2) is 36.9 Å². The summed E-state index contributed by atoms with van der Waals surface area (Å²) >= 11 is 1.70. The van der Waals surface area contributed by atoms with Crippen LogP contribution in [-0.4, -0.2) is 55.9 Å². The van der Waals surface area contributed by atoms with Gasteiger partial charge in [-0.05, 0) is 19.1 Å². The number of rotatable bonds is 3. The van der Waals surface area contributed by atoms with E-state index in [-0.39, 0.29) is 5.95 Å². The van der Waals surface area contributed by atoms with E-state index in [1.54, 1.807) is 28.5 Å². The van der Waals surface area contributed by atoms with Gasteiger partial charge in [0.15, 0.2) is 5.82 Å². The van der Waals surface area contributed by atoms with Crippen molar-refractivity contribution in [3.05, 3.63) is 41.8 Å². The summed E-state index contributed by atoms with van der Waals surface area (Å²) in [6.45, 7) is 5.45. The van der Waals surface area contributed by atoms with Crippen LogP contribution in [0.2, 0.25) is 0 Å². The van der Waals surface area contributed by atoms with Gasteiger partial charge in [0.25, 0.3) is 0 Å². The SMILES string of the molecule is Cc1cc2c(N3CCN(c4cc(-n5cccn5)nc(N)n4)CC3)ncnc2s1. The Labute approximate surface area is 165 Å². The maximum absolute atomic E-state index is 5.94. The molecule has 1 saturated heterocycles. The lowest BCUT2D eigenvalue weighted by Gasteiger charge is -2.36. The highest BCUT2D eigenvalue weighted by Crippen LogP contribution is 2.30. The number of aromatic nitrogens is 6. The predicted octanol–water partition coefficient (Wildman–Crippen LogP) is 1.88. The maximum Gasteiger partial charge on any atom is 0.224 e. The molecule has 1 fully saturated rings. The molecule has 4 aromatic rings. The van der Waals surface area contributed by atoms with E-state index in [1.165, 1.54) is 4.88 Å². The molecule has 2 N–H and O–H groups in total. The minimum Gasteiger partial charge on any atom is -0.368 e. The molecule has 1 aliphatic heterocycles. The lowest BCUT2D eigenvalue weighted by atomic mass is 10.2. The Hall–Kier alpha value is -3.27. The molecule has 0 saturated carbocycles. The predicted molar refractivity (Wildman–Crippen MR) is 110 cm³/mol. The van der Waals surface area contributed by atoms with Crippen molar-refractivity contribution >= 4 is 39.1 Å². The van der Waals surface area contributed by atoms with Crippen LogP contribution < -0.4 is 15.5 Å². The highest BCUT2D eigenvalue weighted by Gasteiger charge is 2.22. The van der Waals surface area contributed by atoms with Crippen molar-refractivity contribution in [1.82, 2.24) is 29.7 Å². The number of anilines is 3. The van der Waals surface area contributed by atoms with Gasteiger partial charge in [-0.15, -0.1) is 11.3 Å². The molecule has 5 rings (SSSR count). The van der Waals surface area contributed by atoms with Gasteiger partial charge in [-0.25, -0.2) is 14.6 Å². The summed E-state index contributed by atoms with van der Waals surface area (Å²) in [5, 5.41) is 5.36. The Morgan fingerprint density at radius 1 is 1.00 bits per heavy atom. The fourth-order valence-electron chi connectivity index (χ4n) is 3.49. The summed E-state index contributed by atoms with van der Waals surface area (Å²) in [6, 6.07) is 5.94. The minimum absolute atomic E-state index is 0.247. The quantitative estimate of drug-likeness (QED) is 0.563. The van der Waals surface area contributed by atoms with E-state index in [4.69, 9.17) is 5.73 Å². The van der Waals surface area contributed by atoms with Crippen LogP contribution in [0.4, 0.5) is 17.6 Å². The third-order valence-corrected chi connectivity index (χ3v) is 5.75. The molecule has 0 spiro atoms. The zero-order valence-electron chi connectivity index (χ0n) is 15.4. The number of thiophene rings is 1. The number of hydrogen-bond acceptors (Lipinski definition) is 9. The van der Waals surface area contributed by atoms with Crippen LogP contribution in [-0.2, 0) is 0 Å². The number of nitrogens with two attached hydrogens (primary N) is 1. The highest BCUT2D eigenvalue weighted by molar-refractivity contribution is 7.18. The second-order valence-corrected chi connectivity index (χ2v) is 7.88. The van der Waals surface area contributed by atoms with Crippen LogP contribution in [0, 0.1) is 6.92 Å². The Morgan fingerprint density at radius 3 is 2.57 bits per heavy atom. The Morgan fingerprint density at radius 2 is 1.79 bits per heavy atom. The number of aryl methyl sites for hydroxylation is 1. The van der Waals surface area contributed by atoms with Crippen LogP contribution in [0.3, 0.4) is 0 Å². The summed E-state index contributed by atoms with van der Waals surface area (Å²) in [5.41, 5.74) is 5.94. The van der Waals surface area contributed by atoms with Gasteiger partial charge in [0.1, 0.15) is 22.8 Å². The molecule has 0 atom stereocenters. The highest BCUT2D eigenvalue weighted by atomic mass is 32.1. The second kappa shape index (κ2) is 6.71. The van der Waals surface area contributed by atoms with Crippen molar-refractivity contribution in [3.63, 3.8) is 0 Å². The number of hydrogen-bond donors (Lipinski definition) is 1. The first-order chi connectivity index (χ1) is 13.7. The molecule has 142 valence electrons. The summed E-state index contributed by atoms with van der Waals surface area (Å²) in [4.78, 5) is 24.5. The molecule has 0 aliphatic carbocycles. The molecular formula is C18H19N9S. The minimum atomic E-state index is 0.247. The first-order valence-corrected chi connectivity index (χ1v) is 9.84. The van der Waals surface area contributed by atoms with Crippen LogP contribution in [0.5, 0.6) is 0 Å². The van der Waals surface area contributed by atoms with Gasteiger partial charge < -0.3 is 15.5 Å². The zero-order chi connectivity index (χ0) is 19.1. The average Bonchev–Trinajstić information content (AvgIpc) is 3.36. The van der Waals surface area contributed by atoms with E-state index >= 15 is 0 Å². The molecular weight excluding hydrogens is 374 g/mol. The normalized spacial score (nSPS) is 14.8. The van der Waals surface area contributed by atoms with E-state index in [0.29, 0.717) is 5.82 Å². The van der Waals surface area contributed by atoms with Crippen LogP contribution in [0.1, 0.15) is 4.88 Å². The Balaban J connectivity index is 1.37. The molecule has 1 aliphatic rings. The van der Waals surface area contributed by atoms with Crippen molar-refractivity contribution in [2.75, 3.05) is 41.7 Å². The van der Waals surface area contributed by atoms with E-state index < -0.39 is 0 Å². The van der Waals surface area contributed by atoms with E-state index in [9.17, 15) is 0 Å². The average molecular weight is 393 g/mol. The van der Waals surface area contributed by atoms with E-state index in [1.807, 2.05) is 18.3 Å². The molecule has 0 amide bonds. The molecule has 28 heavy (non-hydrogen) atoms. The number of fused-ring (bicyclic) bond motifs is 1. The van der Waals surface area contributed by atoms with E-state index in [2.05, 4.69) is 47.8 Å². The van der Waals surface area contributed by atoms with Gasteiger partial charge in [-0.3, -0.25) is 0 Å². The summed E-state index contributed by atoms with van der Waals surface area (Å²) in [6.07, 6.45) is 5.21. The third kappa shape index (κ3) is 3.01. The summed E-state index contributed by atoms with van der Waals surface area (Å²) in [5.74, 6) is 2.74. The lowest BCUT2D eigenvalue weighted by molar-refractivity contribution is 0.642. The summed E-state index contributed by atoms with van der Waals surface area (Å²) < 4.78 is 1.69. The molecule has 5 heterocycles. The van der Waals surface area contributed by atoms with Crippen LogP contribution >= 0.6 is 11.3 Å². The van der Waals surface area contributed by atoms with Crippen LogP contribution in [0.25, 0.3) is 16.0 Å². The van der Waals surface area contributed by atoms with Gasteiger partial charge >= 0.3 is 0 Å². The molecule has 9 nitrogen and oxygen atoms in total. The topological polar surface area (TPSA) is 102 Å². The number of nitrogens with zero attached hydrogens (tertiary/aromatic N) is 8. The molecule has 0 bridgehead atoms. The summed E-state index contributed by atoms with van der Waals surface area (Å²) in [7, 11) is 0. The lowest BCUT2D eigenvalue weighted by Crippen LogP contribution is -2.47. The Bertz CT molecular complexity index is 1110. The second-order valence-electron chi connectivity index (χ2n) is 6.64. The van der Waals surface area contributed by atoms with Gasteiger partial charge in [0.2, 0.25) is 5.95 Å². The molecule has 0 unspecified atom stereocenters. The standard InChI is InChI=1S/C18H19N9S/c1-12-9-13-16(20-11-21-17(13)28-12)26-7-5-25(6-8-26)14-10-15(24-18(19)23-14)27-4-2-3-22-27/h2-4,9-11H,5-8H2,1H3,(H2,19,23,24). The monoisotopic (exact) mass is 393 g/mol. The Kier molecular flexibility index (Phi) is 4.05. The van der Waals surface area contributed by atoms with Gasteiger partial charge in [0.05, 0.1) is 5.39 Å².